The second-order valence-corrected chi connectivity index (χ2v) is 7.84. The highest BCUT2D eigenvalue weighted by atomic mass is 16.2. The lowest BCUT2D eigenvalue weighted by molar-refractivity contribution is 0.145. The third kappa shape index (κ3) is 3.87. The van der Waals surface area contributed by atoms with E-state index in [0.29, 0.717) is 6.04 Å². The molecule has 2 aromatic rings. The number of aromatic nitrogens is 2. The van der Waals surface area contributed by atoms with Crippen LogP contribution in [0.2, 0.25) is 0 Å². The number of nitrogens with one attached hydrogen (secondary N) is 1. The molecule has 1 aromatic heterocycles. The van der Waals surface area contributed by atoms with E-state index in [9.17, 15) is 4.79 Å². The van der Waals surface area contributed by atoms with Crippen LogP contribution >= 0.6 is 0 Å². The minimum Gasteiger partial charge on any atom is -0.331 e. The number of rotatable bonds is 4. The van der Waals surface area contributed by atoms with Gasteiger partial charge < -0.3 is 10.2 Å². The topological polar surface area (TPSA) is 50.2 Å². The molecule has 4 rings (SSSR count). The average Bonchev–Trinajstić information content (AvgIpc) is 3.12. The lowest BCUT2D eigenvalue weighted by Gasteiger charge is -2.36. The van der Waals surface area contributed by atoms with Crippen LogP contribution < -0.4 is 5.32 Å². The molecular weight excluding hydrogens is 336 g/mol. The van der Waals surface area contributed by atoms with Crippen molar-refractivity contribution in [3.8, 4) is 0 Å². The van der Waals surface area contributed by atoms with Gasteiger partial charge in [0.25, 0.3) is 0 Å². The van der Waals surface area contributed by atoms with Gasteiger partial charge in [0.05, 0.1) is 18.8 Å². The summed E-state index contributed by atoms with van der Waals surface area (Å²) in [6.45, 7) is 3.86. The molecule has 2 aliphatic rings. The van der Waals surface area contributed by atoms with Gasteiger partial charge in [-0.1, -0.05) is 37.3 Å². The molecule has 1 aliphatic carbocycles. The molecule has 1 fully saturated rings. The van der Waals surface area contributed by atoms with E-state index in [0.717, 1.165) is 51.6 Å². The van der Waals surface area contributed by atoms with Crippen molar-refractivity contribution in [1.29, 1.82) is 0 Å². The number of likely N-dealkylation sites (tertiary alicyclic amines) is 1. The second-order valence-electron chi connectivity index (χ2n) is 7.84. The Balaban J connectivity index is 1.48. The van der Waals surface area contributed by atoms with Gasteiger partial charge in [0, 0.05) is 23.8 Å². The lowest BCUT2D eigenvalue weighted by Crippen LogP contribution is -2.49. The number of hydrogen-bond acceptors (Lipinski definition) is 2. The molecule has 1 saturated heterocycles. The van der Waals surface area contributed by atoms with Crippen LogP contribution in [0.5, 0.6) is 0 Å². The number of carbonyl (C=O) groups excluding carboxylic acids is 1. The second kappa shape index (κ2) is 8.15. The summed E-state index contributed by atoms with van der Waals surface area (Å²) >= 11 is 0. The average molecular weight is 367 g/mol. The van der Waals surface area contributed by atoms with Crippen LogP contribution in [0.15, 0.2) is 36.5 Å². The number of hydrogen-bond donors (Lipinski definition) is 1. The number of nitrogens with zero attached hydrogens (tertiary/aromatic N) is 3. The summed E-state index contributed by atoms with van der Waals surface area (Å²) in [6.07, 6.45) is 9.63. The van der Waals surface area contributed by atoms with E-state index in [2.05, 4.69) is 51.2 Å². The van der Waals surface area contributed by atoms with Gasteiger partial charge in [0.2, 0.25) is 0 Å². The molecule has 0 saturated carbocycles. The fourth-order valence-corrected chi connectivity index (χ4v) is 4.59. The predicted octanol–water partition coefficient (Wildman–Crippen LogP) is 4.28. The lowest BCUT2D eigenvalue weighted by atomic mass is 9.93. The van der Waals surface area contributed by atoms with Crippen molar-refractivity contribution in [1.82, 2.24) is 20.0 Å². The number of piperidine rings is 1. The van der Waals surface area contributed by atoms with Crippen molar-refractivity contribution in [2.75, 3.05) is 6.54 Å². The molecular formula is C22H30N4O. The maximum absolute atomic E-state index is 12.9. The first-order chi connectivity index (χ1) is 13.3. The Kier molecular flexibility index (Phi) is 5.46. The highest BCUT2D eigenvalue weighted by Crippen LogP contribution is 2.30. The summed E-state index contributed by atoms with van der Waals surface area (Å²) in [6, 6.07) is 11.0. The van der Waals surface area contributed by atoms with Gasteiger partial charge in [0.1, 0.15) is 0 Å². The minimum atomic E-state index is 0.0882. The summed E-state index contributed by atoms with van der Waals surface area (Å²) in [4.78, 5) is 15.0. The Morgan fingerprint density at radius 1 is 1.19 bits per heavy atom. The Labute approximate surface area is 161 Å². The Morgan fingerprint density at radius 3 is 2.85 bits per heavy atom. The molecule has 2 heterocycles. The normalized spacial score (nSPS) is 22.3. The van der Waals surface area contributed by atoms with Crippen LogP contribution in [-0.4, -0.2) is 33.3 Å². The van der Waals surface area contributed by atoms with Crippen molar-refractivity contribution in [3.05, 3.63) is 53.3 Å². The molecule has 2 atom stereocenters. The van der Waals surface area contributed by atoms with Crippen molar-refractivity contribution >= 4 is 6.03 Å². The molecule has 5 heteroatoms. The molecule has 1 aliphatic heterocycles. The highest BCUT2D eigenvalue weighted by Gasteiger charge is 2.30. The third-order valence-corrected chi connectivity index (χ3v) is 6.09. The number of amides is 2. The zero-order chi connectivity index (χ0) is 18.6. The molecule has 2 unspecified atom stereocenters. The van der Waals surface area contributed by atoms with Crippen LogP contribution in [0.25, 0.3) is 0 Å². The van der Waals surface area contributed by atoms with E-state index in [-0.39, 0.29) is 12.1 Å². The molecule has 2 amide bonds. The Bertz CT molecular complexity index is 770. The molecule has 144 valence electrons. The van der Waals surface area contributed by atoms with E-state index < -0.39 is 0 Å². The SMILES string of the molecule is CCC1CCCCN1C(=O)NC1CCCc2c1cnn2Cc1ccccc1. The van der Waals surface area contributed by atoms with E-state index in [1.807, 2.05) is 12.3 Å². The molecule has 0 bridgehead atoms. The van der Waals surface area contributed by atoms with Gasteiger partial charge in [-0.2, -0.15) is 5.10 Å². The fraction of sp³-hybridized carbons (Fsp3) is 0.545. The maximum atomic E-state index is 12.9. The van der Waals surface area contributed by atoms with Gasteiger partial charge in [-0.25, -0.2) is 4.79 Å². The molecule has 0 spiro atoms. The first kappa shape index (κ1) is 18.1. The summed E-state index contributed by atoms with van der Waals surface area (Å²) in [5.74, 6) is 0. The van der Waals surface area contributed by atoms with Gasteiger partial charge in [0.15, 0.2) is 0 Å². The number of fused-ring (bicyclic) bond motifs is 1. The van der Waals surface area contributed by atoms with Crippen LogP contribution in [0.3, 0.4) is 0 Å². The standard InChI is InChI=1S/C22H30N4O/c1-2-18-11-6-7-14-25(18)22(27)24-20-12-8-13-21-19(20)15-23-26(21)16-17-9-4-3-5-10-17/h3-5,9-10,15,18,20H,2,6-8,11-14,16H2,1H3,(H,24,27). The van der Waals surface area contributed by atoms with Crippen LogP contribution in [-0.2, 0) is 13.0 Å². The highest BCUT2D eigenvalue weighted by molar-refractivity contribution is 5.75. The number of carbonyl (C=O) groups is 1. The molecule has 5 nitrogen and oxygen atoms in total. The monoisotopic (exact) mass is 366 g/mol. The van der Waals surface area contributed by atoms with Crippen molar-refractivity contribution in [2.45, 2.75) is 70.5 Å². The fourth-order valence-electron chi connectivity index (χ4n) is 4.59. The Morgan fingerprint density at radius 2 is 2.04 bits per heavy atom. The summed E-state index contributed by atoms with van der Waals surface area (Å²) in [5.41, 5.74) is 3.74. The van der Waals surface area contributed by atoms with Gasteiger partial charge in [-0.15, -0.1) is 0 Å². The summed E-state index contributed by atoms with van der Waals surface area (Å²) in [7, 11) is 0. The third-order valence-electron chi connectivity index (χ3n) is 6.09. The Hall–Kier alpha value is -2.30. The number of benzene rings is 1. The summed E-state index contributed by atoms with van der Waals surface area (Å²) in [5, 5.41) is 7.97. The van der Waals surface area contributed by atoms with Gasteiger partial charge in [-0.3, -0.25) is 4.68 Å². The zero-order valence-electron chi connectivity index (χ0n) is 16.2. The molecule has 1 N–H and O–H groups in total. The largest absolute Gasteiger partial charge is 0.331 e. The molecule has 27 heavy (non-hydrogen) atoms. The van der Waals surface area contributed by atoms with Crippen LogP contribution in [0.4, 0.5) is 4.79 Å². The van der Waals surface area contributed by atoms with Gasteiger partial charge in [-0.05, 0) is 50.5 Å². The zero-order valence-corrected chi connectivity index (χ0v) is 16.2. The number of urea groups is 1. The van der Waals surface area contributed by atoms with Crippen molar-refractivity contribution in [3.63, 3.8) is 0 Å². The molecule has 0 radical (unpaired) electrons. The van der Waals surface area contributed by atoms with Crippen molar-refractivity contribution < 1.29 is 4.79 Å². The van der Waals surface area contributed by atoms with Crippen molar-refractivity contribution in [2.24, 2.45) is 0 Å². The maximum Gasteiger partial charge on any atom is 0.318 e. The van der Waals surface area contributed by atoms with E-state index in [1.165, 1.54) is 23.2 Å². The minimum absolute atomic E-state index is 0.0882. The molecule has 1 aromatic carbocycles. The van der Waals surface area contributed by atoms with E-state index >= 15 is 0 Å². The van der Waals surface area contributed by atoms with Gasteiger partial charge >= 0.3 is 6.03 Å². The first-order valence-corrected chi connectivity index (χ1v) is 10.4. The smallest absolute Gasteiger partial charge is 0.318 e. The van der Waals surface area contributed by atoms with Crippen LogP contribution in [0.1, 0.15) is 68.3 Å². The quantitative estimate of drug-likeness (QED) is 0.878. The van der Waals surface area contributed by atoms with Crippen LogP contribution in [0, 0.1) is 0 Å². The van der Waals surface area contributed by atoms with E-state index in [1.54, 1.807) is 0 Å². The summed E-state index contributed by atoms with van der Waals surface area (Å²) < 4.78 is 2.11. The predicted molar refractivity (Wildman–Crippen MR) is 107 cm³/mol. The van der Waals surface area contributed by atoms with E-state index in [4.69, 9.17) is 0 Å². The first-order valence-electron chi connectivity index (χ1n) is 10.4.